The van der Waals surface area contributed by atoms with Gasteiger partial charge in [-0.2, -0.15) is 0 Å². The van der Waals surface area contributed by atoms with E-state index < -0.39 is 0 Å². The maximum absolute atomic E-state index is 11.7. The highest BCUT2D eigenvalue weighted by Crippen LogP contribution is 2.11. The summed E-state index contributed by atoms with van der Waals surface area (Å²) in [6.45, 7) is 0.326. The maximum atomic E-state index is 11.7. The fourth-order valence-electron chi connectivity index (χ4n) is 3.08. The second kappa shape index (κ2) is 19.0. The summed E-state index contributed by atoms with van der Waals surface area (Å²) < 4.78 is 5.26. The zero-order valence-electron chi connectivity index (χ0n) is 17.4. The van der Waals surface area contributed by atoms with Gasteiger partial charge >= 0.3 is 5.97 Å². The van der Waals surface area contributed by atoms with Crippen molar-refractivity contribution >= 4 is 17.6 Å². The first-order valence-electron chi connectivity index (χ1n) is 11.1. The molecule has 0 fully saturated rings. The molecule has 158 valence electrons. The maximum Gasteiger partial charge on any atom is 0.306 e. The Balaban J connectivity index is 1.80. The lowest BCUT2D eigenvalue weighted by atomic mass is 10.1. The number of carbonyl (C=O) groups is 1. The highest BCUT2D eigenvalue weighted by atomic mass is 35.5. The number of pyridine rings is 1. The van der Waals surface area contributed by atoms with Gasteiger partial charge in [-0.25, -0.2) is 0 Å². The molecular formula is C24H38ClNO2. The predicted octanol–water partition coefficient (Wildman–Crippen LogP) is 7.38. The van der Waals surface area contributed by atoms with Gasteiger partial charge in [0.2, 0.25) is 0 Å². The third-order valence-electron chi connectivity index (χ3n) is 4.80. The molecule has 0 bridgehead atoms. The number of carbonyl (C=O) groups excluding carboxylic acids is 1. The van der Waals surface area contributed by atoms with Crippen LogP contribution in [0.2, 0.25) is 0 Å². The molecule has 1 heterocycles. The Morgan fingerprint density at radius 2 is 1.50 bits per heavy atom. The summed E-state index contributed by atoms with van der Waals surface area (Å²) in [5, 5.41) is 0. The van der Waals surface area contributed by atoms with Gasteiger partial charge in [0.25, 0.3) is 0 Å². The molecular weight excluding hydrogens is 370 g/mol. The van der Waals surface area contributed by atoms with Gasteiger partial charge in [-0.1, -0.05) is 63.2 Å². The highest BCUT2D eigenvalue weighted by Gasteiger charge is 2.03. The van der Waals surface area contributed by atoms with Gasteiger partial charge in [-0.05, 0) is 44.6 Å². The molecule has 28 heavy (non-hydrogen) atoms. The fourth-order valence-corrected chi connectivity index (χ4v) is 3.27. The third kappa shape index (κ3) is 15.7. The van der Waals surface area contributed by atoms with Crippen molar-refractivity contribution in [2.75, 3.05) is 5.88 Å². The molecule has 0 aliphatic rings. The number of hydrogen-bond donors (Lipinski definition) is 0. The number of unbranched alkanes of at least 4 members (excludes halogenated alkanes) is 11. The average molecular weight is 408 g/mol. The number of rotatable bonds is 18. The first-order valence-corrected chi connectivity index (χ1v) is 11.6. The minimum atomic E-state index is -0.106. The Labute approximate surface area is 176 Å². The monoisotopic (exact) mass is 407 g/mol. The number of alkyl halides is 1. The van der Waals surface area contributed by atoms with Crippen LogP contribution in [0.25, 0.3) is 0 Å². The summed E-state index contributed by atoms with van der Waals surface area (Å²) in [6, 6.07) is 3.77. The molecule has 0 aromatic carbocycles. The molecule has 1 aromatic rings. The van der Waals surface area contributed by atoms with Crippen LogP contribution in [0.5, 0.6) is 0 Å². The topological polar surface area (TPSA) is 39.2 Å². The highest BCUT2D eigenvalue weighted by molar-refractivity contribution is 6.17. The Hall–Kier alpha value is -1.35. The summed E-state index contributed by atoms with van der Waals surface area (Å²) in [6.07, 6.45) is 24.6. The second-order valence-corrected chi connectivity index (χ2v) is 7.78. The number of aromatic nitrogens is 1. The van der Waals surface area contributed by atoms with Gasteiger partial charge in [-0.3, -0.25) is 9.78 Å². The van der Waals surface area contributed by atoms with Gasteiger partial charge in [0, 0.05) is 30.3 Å². The van der Waals surface area contributed by atoms with E-state index in [1.54, 1.807) is 12.4 Å². The van der Waals surface area contributed by atoms with Gasteiger partial charge < -0.3 is 4.74 Å². The normalized spacial score (nSPS) is 11.2. The predicted molar refractivity (Wildman–Crippen MR) is 119 cm³/mol. The summed E-state index contributed by atoms with van der Waals surface area (Å²) in [5.41, 5.74) is 0.936. The average Bonchev–Trinajstić information content (AvgIpc) is 2.72. The summed E-state index contributed by atoms with van der Waals surface area (Å²) >= 11 is 5.67. The lowest BCUT2D eigenvalue weighted by Gasteiger charge is -2.04. The van der Waals surface area contributed by atoms with Crippen molar-refractivity contribution in [3.63, 3.8) is 0 Å². The molecule has 0 aliphatic carbocycles. The van der Waals surface area contributed by atoms with Crippen LogP contribution in [-0.4, -0.2) is 16.8 Å². The standard InChI is InChI=1S/C24H38ClNO2/c25-19-15-13-11-9-7-5-3-1-2-4-6-8-10-12-14-18-24(27)28-22-23-17-16-20-26-21-23/h1-2,16-17,20-21H,3-15,18-19,22H2/b2-1-. The Bertz CT molecular complexity index is 505. The van der Waals surface area contributed by atoms with Crippen molar-refractivity contribution in [3.05, 3.63) is 42.2 Å². The second-order valence-electron chi connectivity index (χ2n) is 7.40. The first kappa shape index (κ1) is 24.7. The van der Waals surface area contributed by atoms with Crippen LogP contribution in [0, 0.1) is 0 Å². The number of esters is 1. The largest absolute Gasteiger partial charge is 0.461 e. The molecule has 1 aromatic heterocycles. The van der Waals surface area contributed by atoms with E-state index in [1.807, 2.05) is 12.1 Å². The zero-order chi connectivity index (χ0) is 20.1. The molecule has 0 atom stereocenters. The lowest BCUT2D eigenvalue weighted by molar-refractivity contribution is -0.145. The van der Waals surface area contributed by atoms with Crippen LogP contribution in [0.15, 0.2) is 36.7 Å². The molecule has 0 N–H and O–H groups in total. The third-order valence-corrected chi connectivity index (χ3v) is 5.06. The smallest absolute Gasteiger partial charge is 0.306 e. The van der Waals surface area contributed by atoms with Gasteiger partial charge in [0.05, 0.1) is 0 Å². The lowest BCUT2D eigenvalue weighted by Crippen LogP contribution is -2.04. The molecule has 1 rings (SSSR count). The Morgan fingerprint density at radius 3 is 2.11 bits per heavy atom. The van der Waals surface area contributed by atoms with Gasteiger partial charge in [0.15, 0.2) is 0 Å². The SMILES string of the molecule is O=C(CCCCCCC/C=C\CCCCCCCCCl)OCc1cccnc1. The molecule has 4 heteroatoms. The van der Waals surface area contributed by atoms with E-state index in [9.17, 15) is 4.79 Å². The number of halogens is 1. The van der Waals surface area contributed by atoms with Crippen molar-refractivity contribution in [3.8, 4) is 0 Å². The molecule has 0 saturated carbocycles. The van der Waals surface area contributed by atoms with E-state index in [-0.39, 0.29) is 5.97 Å². The summed E-state index contributed by atoms with van der Waals surface area (Å²) in [7, 11) is 0. The molecule has 3 nitrogen and oxygen atoms in total. The van der Waals surface area contributed by atoms with Crippen molar-refractivity contribution in [2.45, 2.75) is 96.5 Å². The van der Waals surface area contributed by atoms with Crippen molar-refractivity contribution in [1.29, 1.82) is 0 Å². The van der Waals surface area contributed by atoms with Crippen LogP contribution in [0.1, 0.15) is 95.5 Å². The van der Waals surface area contributed by atoms with Crippen molar-refractivity contribution in [2.24, 2.45) is 0 Å². The van der Waals surface area contributed by atoms with Crippen LogP contribution < -0.4 is 0 Å². The number of nitrogens with zero attached hydrogens (tertiary/aromatic N) is 1. The van der Waals surface area contributed by atoms with E-state index in [0.717, 1.165) is 30.7 Å². The van der Waals surface area contributed by atoms with Crippen LogP contribution in [-0.2, 0) is 16.1 Å². The molecule has 0 radical (unpaired) electrons. The molecule has 0 spiro atoms. The molecule has 0 unspecified atom stereocenters. The van der Waals surface area contributed by atoms with Crippen molar-refractivity contribution < 1.29 is 9.53 Å². The summed E-state index contributed by atoms with van der Waals surface area (Å²) in [4.78, 5) is 15.7. The number of ether oxygens (including phenoxy) is 1. The summed E-state index contributed by atoms with van der Waals surface area (Å²) in [5.74, 6) is 0.702. The number of allylic oxidation sites excluding steroid dienone is 2. The van der Waals surface area contributed by atoms with Gasteiger partial charge in [-0.15, -0.1) is 11.6 Å². The Morgan fingerprint density at radius 1 is 0.893 bits per heavy atom. The van der Waals surface area contributed by atoms with E-state index >= 15 is 0 Å². The van der Waals surface area contributed by atoms with Crippen LogP contribution in [0.3, 0.4) is 0 Å². The molecule has 0 saturated heterocycles. The molecule has 0 aliphatic heterocycles. The van der Waals surface area contributed by atoms with E-state index in [2.05, 4.69) is 17.1 Å². The van der Waals surface area contributed by atoms with Gasteiger partial charge in [0.1, 0.15) is 6.61 Å². The quantitative estimate of drug-likeness (QED) is 0.110. The minimum Gasteiger partial charge on any atom is -0.461 e. The molecule has 0 amide bonds. The Kier molecular flexibility index (Phi) is 16.7. The van der Waals surface area contributed by atoms with Crippen LogP contribution in [0.4, 0.5) is 0 Å². The number of hydrogen-bond acceptors (Lipinski definition) is 3. The van der Waals surface area contributed by atoms with E-state index in [1.165, 1.54) is 64.2 Å². The fraction of sp³-hybridized carbons (Fsp3) is 0.667. The van der Waals surface area contributed by atoms with E-state index in [0.29, 0.717) is 13.0 Å². The zero-order valence-corrected chi connectivity index (χ0v) is 18.2. The van der Waals surface area contributed by atoms with E-state index in [4.69, 9.17) is 16.3 Å². The minimum absolute atomic E-state index is 0.106. The van der Waals surface area contributed by atoms with Crippen LogP contribution >= 0.6 is 11.6 Å². The first-order chi connectivity index (χ1) is 13.8. The van der Waals surface area contributed by atoms with Crippen molar-refractivity contribution in [1.82, 2.24) is 4.98 Å².